The summed E-state index contributed by atoms with van der Waals surface area (Å²) in [4.78, 5) is 25.6. The van der Waals surface area contributed by atoms with Crippen LogP contribution in [0.3, 0.4) is 0 Å². The first-order valence-electron chi connectivity index (χ1n) is 9.06. The zero-order chi connectivity index (χ0) is 17.8. The molecule has 136 valence electrons. The Kier molecular flexibility index (Phi) is 5.68. The second kappa shape index (κ2) is 7.95. The van der Waals surface area contributed by atoms with E-state index in [0.29, 0.717) is 18.9 Å². The van der Waals surface area contributed by atoms with Crippen LogP contribution in [0, 0.1) is 11.7 Å². The van der Waals surface area contributed by atoms with Crippen molar-refractivity contribution in [1.29, 1.82) is 0 Å². The number of aliphatic carboxylic acids is 1. The summed E-state index contributed by atoms with van der Waals surface area (Å²) >= 11 is 0. The molecule has 2 fully saturated rings. The summed E-state index contributed by atoms with van der Waals surface area (Å²) in [7, 11) is 0. The van der Waals surface area contributed by atoms with Crippen molar-refractivity contribution in [3.63, 3.8) is 0 Å². The number of hydrogen-bond donors (Lipinski definition) is 2. The molecule has 0 aromatic heterocycles. The van der Waals surface area contributed by atoms with Gasteiger partial charge in [0, 0.05) is 0 Å². The lowest BCUT2D eigenvalue weighted by Gasteiger charge is -2.27. The van der Waals surface area contributed by atoms with Gasteiger partial charge in [-0.05, 0) is 55.8 Å². The number of halogens is 1. The molecule has 1 aromatic carbocycles. The largest absolute Gasteiger partial charge is 0.480 e. The molecule has 1 saturated heterocycles. The van der Waals surface area contributed by atoms with Crippen molar-refractivity contribution in [2.24, 2.45) is 5.92 Å². The lowest BCUT2D eigenvalue weighted by atomic mass is 9.91. The molecule has 1 aliphatic heterocycles. The number of amides is 1. The number of rotatable bonds is 6. The molecule has 1 amide bonds. The van der Waals surface area contributed by atoms with E-state index in [1.807, 2.05) is 0 Å². The summed E-state index contributed by atoms with van der Waals surface area (Å²) in [5.41, 5.74) is 0.915. The van der Waals surface area contributed by atoms with Gasteiger partial charge in [-0.1, -0.05) is 25.0 Å². The molecule has 5 nitrogen and oxygen atoms in total. The fourth-order valence-corrected chi connectivity index (χ4v) is 4.13. The van der Waals surface area contributed by atoms with E-state index in [1.54, 1.807) is 17.0 Å². The van der Waals surface area contributed by atoms with E-state index >= 15 is 0 Å². The van der Waals surface area contributed by atoms with Crippen LogP contribution in [0.15, 0.2) is 24.3 Å². The third kappa shape index (κ3) is 4.37. The topological polar surface area (TPSA) is 69.6 Å². The molecule has 0 bridgehead atoms. The van der Waals surface area contributed by atoms with E-state index in [0.717, 1.165) is 37.7 Å². The van der Waals surface area contributed by atoms with Gasteiger partial charge in [0.15, 0.2) is 0 Å². The Balaban J connectivity index is 1.68. The maximum atomic E-state index is 13.2. The Morgan fingerprint density at radius 3 is 2.48 bits per heavy atom. The summed E-state index contributed by atoms with van der Waals surface area (Å²) in [5.74, 6) is -0.963. The minimum Gasteiger partial charge on any atom is -0.480 e. The van der Waals surface area contributed by atoms with Crippen LogP contribution in [0.5, 0.6) is 0 Å². The minimum absolute atomic E-state index is 0.0986. The van der Waals surface area contributed by atoms with Gasteiger partial charge in [0.05, 0.1) is 12.6 Å². The predicted octanol–water partition coefficient (Wildman–Crippen LogP) is 2.72. The number of nitrogens with zero attached hydrogens (tertiary/aromatic N) is 1. The highest BCUT2D eigenvalue weighted by molar-refractivity contribution is 5.80. The van der Waals surface area contributed by atoms with Crippen molar-refractivity contribution >= 4 is 11.9 Å². The Morgan fingerprint density at radius 1 is 1.16 bits per heavy atom. The maximum absolute atomic E-state index is 13.2. The first kappa shape index (κ1) is 17.9. The summed E-state index contributed by atoms with van der Waals surface area (Å²) in [6, 6.07) is 5.60. The molecule has 1 aromatic rings. The number of nitrogens with one attached hydrogen (secondary N) is 1. The molecule has 6 heteroatoms. The van der Waals surface area contributed by atoms with Crippen LogP contribution in [0.4, 0.5) is 4.39 Å². The van der Waals surface area contributed by atoms with Crippen molar-refractivity contribution in [3.8, 4) is 0 Å². The SMILES string of the molecule is O=C(CN1CCC[C@@H]1C(=O)O)N[C@@H](c1ccc(F)cc1)C1CCCC1. The Bertz CT molecular complexity index is 614. The zero-order valence-electron chi connectivity index (χ0n) is 14.3. The van der Waals surface area contributed by atoms with E-state index in [9.17, 15) is 19.1 Å². The molecule has 1 aliphatic carbocycles. The molecular formula is C19H25FN2O3. The van der Waals surface area contributed by atoms with Gasteiger partial charge in [0.25, 0.3) is 0 Å². The second-order valence-corrected chi connectivity index (χ2v) is 7.11. The van der Waals surface area contributed by atoms with Crippen molar-refractivity contribution in [3.05, 3.63) is 35.6 Å². The van der Waals surface area contributed by atoms with Crippen LogP contribution in [0.25, 0.3) is 0 Å². The normalized spacial score (nSPS) is 22.8. The first-order valence-corrected chi connectivity index (χ1v) is 9.06. The van der Waals surface area contributed by atoms with Gasteiger partial charge in [0.1, 0.15) is 11.9 Å². The highest BCUT2D eigenvalue weighted by Crippen LogP contribution is 2.35. The fraction of sp³-hybridized carbons (Fsp3) is 0.579. The maximum Gasteiger partial charge on any atom is 0.320 e. The number of carbonyl (C=O) groups excluding carboxylic acids is 1. The summed E-state index contributed by atoms with van der Waals surface area (Å²) in [6.45, 7) is 0.733. The molecule has 1 heterocycles. The van der Waals surface area contributed by atoms with Crippen LogP contribution in [-0.4, -0.2) is 41.0 Å². The van der Waals surface area contributed by atoms with E-state index in [-0.39, 0.29) is 24.3 Å². The number of benzene rings is 1. The van der Waals surface area contributed by atoms with Crippen LogP contribution < -0.4 is 5.32 Å². The van der Waals surface area contributed by atoms with Crippen molar-refractivity contribution < 1.29 is 19.1 Å². The molecule has 0 spiro atoms. The highest BCUT2D eigenvalue weighted by Gasteiger charge is 2.33. The Hall–Kier alpha value is -1.95. The minimum atomic E-state index is -0.865. The summed E-state index contributed by atoms with van der Waals surface area (Å²) in [6.07, 6.45) is 5.77. The van der Waals surface area contributed by atoms with Crippen molar-refractivity contribution in [2.75, 3.05) is 13.1 Å². The molecular weight excluding hydrogens is 323 g/mol. The van der Waals surface area contributed by atoms with E-state index in [4.69, 9.17) is 0 Å². The van der Waals surface area contributed by atoms with E-state index < -0.39 is 12.0 Å². The average molecular weight is 348 g/mol. The monoisotopic (exact) mass is 348 g/mol. The average Bonchev–Trinajstić information content (AvgIpc) is 3.25. The third-order valence-corrected chi connectivity index (χ3v) is 5.41. The van der Waals surface area contributed by atoms with Crippen LogP contribution in [0.1, 0.15) is 50.1 Å². The van der Waals surface area contributed by atoms with Crippen LogP contribution in [0.2, 0.25) is 0 Å². The smallest absolute Gasteiger partial charge is 0.320 e. The molecule has 2 N–H and O–H groups in total. The summed E-state index contributed by atoms with van der Waals surface area (Å²) < 4.78 is 13.2. The van der Waals surface area contributed by atoms with Crippen LogP contribution in [-0.2, 0) is 9.59 Å². The summed E-state index contributed by atoms with van der Waals surface area (Å²) in [5, 5.41) is 12.3. The molecule has 2 aliphatic rings. The molecule has 3 rings (SSSR count). The standard InChI is InChI=1S/C19H25FN2O3/c20-15-9-7-14(8-10-15)18(13-4-1-2-5-13)21-17(23)12-22-11-3-6-16(22)19(24)25/h7-10,13,16,18H,1-6,11-12H2,(H,21,23)(H,24,25)/t16-,18-/m1/s1. The van der Waals surface area contributed by atoms with E-state index in [2.05, 4.69) is 5.32 Å². The fourth-order valence-electron chi connectivity index (χ4n) is 4.13. The third-order valence-electron chi connectivity index (χ3n) is 5.41. The number of likely N-dealkylation sites (tertiary alicyclic amines) is 1. The molecule has 0 radical (unpaired) electrons. The second-order valence-electron chi connectivity index (χ2n) is 7.11. The molecule has 0 unspecified atom stereocenters. The van der Waals surface area contributed by atoms with Gasteiger partial charge < -0.3 is 10.4 Å². The zero-order valence-corrected chi connectivity index (χ0v) is 14.3. The van der Waals surface area contributed by atoms with E-state index in [1.165, 1.54) is 12.1 Å². The Morgan fingerprint density at radius 2 is 1.84 bits per heavy atom. The van der Waals surface area contributed by atoms with Gasteiger partial charge in [-0.2, -0.15) is 0 Å². The predicted molar refractivity (Wildman–Crippen MR) is 91.5 cm³/mol. The number of carbonyl (C=O) groups is 2. The molecule has 2 atom stereocenters. The lowest BCUT2D eigenvalue weighted by molar-refractivity contribution is -0.142. The number of hydrogen-bond acceptors (Lipinski definition) is 3. The first-order chi connectivity index (χ1) is 12.0. The number of carboxylic acids is 1. The van der Waals surface area contributed by atoms with Gasteiger partial charge in [0.2, 0.25) is 5.91 Å². The van der Waals surface area contributed by atoms with Gasteiger partial charge in [-0.25, -0.2) is 4.39 Å². The van der Waals surface area contributed by atoms with Crippen LogP contribution >= 0.6 is 0 Å². The van der Waals surface area contributed by atoms with Crippen molar-refractivity contribution in [2.45, 2.75) is 50.6 Å². The van der Waals surface area contributed by atoms with Crippen molar-refractivity contribution in [1.82, 2.24) is 10.2 Å². The lowest BCUT2D eigenvalue weighted by Crippen LogP contribution is -2.44. The quantitative estimate of drug-likeness (QED) is 0.829. The molecule has 25 heavy (non-hydrogen) atoms. The molecule has 1 saturated carbocycles. The highest BCUT2D eigenvalue weighted by atomic mass is 19.1. The number of carboxylic acid groups (broad SMARTS) is 1. The van der Waals surface area contributed by atoms with Gasteiger partial charge >= 0.3 is 5.97 Å². The van der Waals surface area contributed by atoms with Gasteiger partial charge in [-0.3, -0.25) is 14.5 Å². The Labute approximate surface area is 147 Å². The van der Waals surface area contributed by atoms with Gasteiger partial charge in [-0.15, -0.1) is 0 Å².